The van der Waals surface area contributed by atoms with E-state index in [-0.39, 0.29) is 0 Å². The van der Waals surface area contributed by atoms with Crippen LogP contribution in [0.4, 0.5) is 0 Å². The molecule has 0 nitrogen and oxygen atoms in total. The maximum absolute atomic E-state index is 2.66. The van der Waals surface area contributed by atoms with Crippen LogP contribution in [0.3, 0.4) is 0 Å². The molecule has 0 aromatic carbocycles. The summed E-state index contributed by atoms with van der Waals surface area (Å²) in [6.07, 6.45) is 0. The Morgan fingerprint density at radius 3 is 1.73 bits per heavy atom. The van der Waals surface area contributed by atoms with E-state index in [9.17, 15) is 0 Å². The zero-order valence-electron chi connectivity index (χ0n) is 6.45. The first-order chi connectivity index (χ1) is 4.96. The molecular formula is C6H9I3S2. The molecule has 1 heterocycles. The van der Waals surface area contributed by atoms with E-state index in [4.69, 9.17) is 0 Å². The second-order valence-corrected chi connectivity index (χ2v) is 32.0. The average Bonchev–Trinajstić information content (AvgIpc) is 2.09. The van der Waals surface area contributed by atoms with Crippen molar-refractivity contribution in [3.05, 3.63) is 9.81 Å². The SMILES string of the molecule is CC1=C(C)SC(C)(I(I)I)S1. The van der Waals surface area contributed by atoms with Gasteiger partial charge < -0.3 is 0 Å². The van der Waals surface area contributed by atoms with Crippen LogP contribution in [0, 0.1) is 0 Å². The molecule has 11 heavy (non-hydrogen) atoms. The van der Waals surface area contributed by atoms with Crippen LogP contribution in [0.2, 0.25) is 0 Å². The number of allylic oxidation sites excluding steroid dienone is 2. The van der Waals surface area contributed by atoms with E-state index < -0.39 is 11.9 Å². The van der Waals surface area contributed by atoms with Crippen molar-refractivity contribution in [3.8, 4) is 0 Å². The summed E-state index contributed by atoms with van der Waals surface area (Å²) in [7, 11) is 0. The fourth-order valence-corrected chi connectivity index (χ4v) is 13.1. The van der Waals surface area contributed by atoms with Crippen LogP contribution in [0.5, 0.6) is 0 Å². The van der Waals surface area contributed by atoms with Crippen LogP contribution >= 0.6 is 72.6 Å². The van der Waals surface area contributed by atoms with E-state index in [1.807, 2.05) is 0 Å². The van der Waals surface area contributed by atoms with Gasteiger partial charge in [-0.3, -0.25) is 0 Å². The summed E-state index contributed by atoms with van der Waals surface area (Å²) in [4.78, 5) is 3.07. The molecule has 0 radical (unpaired) electrons. The van der Waals surface area contributed by atoms with E-state index in [0.29, 0.717) is 2.09 Å². The Labute approximate surface area is 103 Å². The number of thioether (sulfide) groups is 2. The zero-order valence-corrected chi connectivity index (χ0v) is 14.6. The quantitative estimate of drug-likeness (QED) is 0.323. The van der Waals surface area contributed by atoms with Gasteiger partial charge in [0.25, 0.3) is 0 Å². The predicted octanol–water partition coefficient (Wildman–Crippen LogP) is 5.60. The number of halogens is 3. The second-order valence-electron chi connectivity index (χ2n) is 2.35. The van der Waals surface area contributed by atoms with Gasteiger partial charge in [0, 0.05) is 0 Å². The molecule has 0 bridgehead atoms. The van der Waals surface area contributed by atoms with E-state index in [2.05, 4.69) is 81.5 Å². The Bertz CT molecular complexity index is 186. The van der Waals surface area contributed by atoms with Crippen LogP contribution in [-0.2, 0) is 0 Å². The first kappa shape index (κ1) is 11.7. The van der Waals surface area contributed by atoms with Gasteiger partial charge in [0.05, 0.1) is 0 Å². The molecule has 0 saturated heterocycles. The summed E-state index contributed by atoms with van der Waals surface area (Å²) < 4.78 is 0.527. The summed E-state index contributed by atoms with van der Waals surface area (Å²) in [6, 6.07) is 0. The van der Waals surface area contributed by atoms with Crippen molar-refractivity contribution in [1.82, 2.24) is 0 Å². The molecule has 0 fully saturated rings. The molecule has 0 saturated carbocycles. The summed E-state index contributed by atoms with van der Waals surface area (Å²) >= 11 is 8.72. The van der Waals surface area contributed by atoms with Crippen LogP contribution in [0.25, 0.3) is 0 Å². The molecule has 5 heteroatoms. The minimum atomic E-state index is -0.753. The van der Waals surface area contributed by atoms with Crippen molar-refractivity contribution in [3.63, 3.8) is 0 Å². The third-order valence-corrected chi connectivity index (χ3v) is 27.2. The molecular weight excluding hydrogens is 517 g/mol. The fraction of sp³-hybridized carbons (Fsp3) is 0.667. The average molecular weight is 526 g/mol. The van der Waals surface area contributed by atoms with Crippen molar-refractivity contribution in [2.24, 2.45) is 0 Å². The standard InChI is InChI=1S/C6H9I3S2/c1-4-5(2)11-6(3,10-4)9(7)8/h1-3H3. The molecule has 0 amide bonds. The minimum absolute atomic E-state index is 0.527. The van der Waals surface area contributed by atoms with Crippen molar-refractivity contribution in [2.45, 2.75) is 22.9 Å². The summed E-state index contributed by atoms with van der Waals surface area (Å²) in [5.74, 6) is 0. The van der Waals surface area contributed by atoms with Gasteiger partial charge in [-0.25, -0.2) is 0 Å². The van der Waals surface area contributed by atoms with Crippen molar-refractivity contribution in [2.75, 3.05) is 0 Å². The van der Waals surface area contributed by atoms with Crippen molar-refractivity contribution < 1.29 is 0 Å². The van der Waals surface area contributed by atoms with E-state index >= 15 is 0 Å². The summed E-state index contributed by atoms with van der Waals surface area (Å²) in [5.41, 5.74) is 0. The monoisotopic (exact) mass is 526 g/mol. The molecule has 0 aromatic rings. The fourth-order valence-electron chi connectivity index (χ4n) is 0.770. The van der Waals surface area contributed by atoms with Gasteiger partial charge >= 0.3 is 105 Å². The molecule has 0 unspecified atom stereocenters. The molecule has 0 N–H and O–H groups in total. The molecule has 66 valence electrons. The molecule has 1 aliphatic rings. The first-order valence-corrected chi connectivity index (χ1v) is 18.3. The van der Waals surface area contributed by atoms with Crippen LogP contribution in [0.15, 0.2) is 9.81 Å². The zero-order chi connectivity index (χ0) is 8.65. The normalized spacial score (nSPS) is 24.3. The van der Waals surface area contributed by atoms with Gasteiger partial charge in [0.1, 0.15) is 0 Å². The Hall–Kier alpha value is 2.63. The number of hydrogen-bond donors (Lipinski definition) is 0. The summed E-state index contributed by atoms with van der Waals surface area (Å²) in [5, 5.41) is 0. The topological polar surface area (TPSA) is 0 Å². The second kappa shape index (κ2) is 4.43. The third kappa shape index (κ3) is 2.79. The molecule has 0 aromatic heterocycles. The van der Waals surface area contributed by atoms with E-state index in [0.717, 1.165) is 0 Å². The van der Waals surface area contributed by atoms with Gasteiger partial charge in [-0.2, -0.15) is 0 Å². The Morgan fingerprint density at radius 2 is 1.55 bits per heavy atom. The maximum atomic E-state index is 2.66. The Balaban J connectivity index is 2.72. The number of alkyl halides is 1. The van der Waals surface area contributed by atoms with Crippen molar-refractivity contribution in [1.29, 1.82) is 0 Å². The van der Waals surface area contributed by atoms with E-state index in [1.165, 1.54) is 9.81 Å². The predicted molar refractivity (Wildman–Crippen MR) is 84.0 cm³/mol. The Morgan fingerprint density at radius 1 is 1.18 bits per heavy atom. The van der Waals surface area contributed by atoms with Crippen molar-refractivity contribution >= 4 is 72.6 Å². The van der Waals surface area contributed by atoms with Crippen LogP contribution in [0.1, 0.15) is 20.8 Å². The van der Waals surface area contributed by atoms with Gasteiger partial charge in [0.15, 0.2) is 0 Å². The summed E-state index contributed by atoms with van der Waals surface area (Å²) in [6.45, 7) is 6.88. The van der Waals surface area contributed by atoms with Gasteiger partial charge in [-0.05, 0) is 0 Å². The molecule has 0 aliphatic carbocycles. The van der Waals surface area contributed by atoms with Gasteiger partial charge in [0.2, 0.25) is 0 Å². The van der Waals surface area contributed by atoms with Crippen LogP contribution in [-0.4, -0.2) is 2.09 Å². The van der Waals surface area contributed by atoms with E-state index in [1.54, 1.807) is 0 Å². The van der Waals surface area contributed by atoms with Crippen LogP contribution < -0.4 is 0 Å². The Kier molecular flexibility index (Phi) is 4.72. The van der Waals surface area contributed by atoms with Gasteiger partial charge in [-0.1, -0.05) is 0 Å². The number of rotatable bonds is 1. The molecule has 1 rings (SSSR count). The van der Waals surface area contributed by atoms with Gasteiger partial charge in [-0.15, -0.1) is 0 Å². The molecule has 0 atom stereocenters. The first-order valence-electron chi connectivity index (χ1n) is 3.04. The number of hydrogen-bond acceptors (Lipinski definition) is 2. The molecule has 0 spiro atoms. The third-order valence-electron chi connectivity index (χ3n) is 1.43. The molecule has 1 aliphatic heterocycles.